The van der Waals surface area contributed by atoms with Gasteiger partial charge in [0.25, 0.3) is 0 Å². The summed E-state index contributed by atoms with van der Waals surface area (Å²) >= 11 is 0. The predicted molar refractivity (Wildman–Crippen MR) is 39.5 cm³/mol. The standard InChI is InChI=1S/C7H11NO4/c1-2-6(9)11-3-5-4-12-7(10)8-5/h5H,2-4H2,1H3,(H,8,10). The van der Waals surface area contributed by atoms with Crippen LogP contribution in [-0.2, 0) is 14.3 Å². The first-order valence-electron chi connectivity index (χ1n) is 3.81. The molecule has 0 saturated carbocycles. The largest absolute Gasteiger partial charge is 0.463 e. The normalized spacial score (nSPS) is 21.4. The Morgan fingerprint density at radius 2 is 2.58 bits per heavy atom. The van der Waals surface area contributed by atoms with Crippen molar-refractivity contribution < 1.29 is 19.1 Å². The molecule has 0 radical (unpaired) electrons. The van der Waals surface area contributed by atoms with Crippen LogP contribution in [0.25, 0.3) is 0 Å². The van der Waals surface area contributed by atoms with E-state index in [1.807, 2.05) is 0 Å². The van der Waals surface area contributed by atoms with E-state index < -0.39 is 6.09 Å². The van der Waals surface area contributed by atoms with Gasteiger partial charge in [0.2, 0.25) is 0 Å². The minimum Gasteiger partial charge on any atom is -0.463 e. The van der Waals surface area contributed by atoms with E-state index in [-0.39, 0.29) is 25.2 Å². The molecule has 1 N–H and O–H groups in total. The fourth-order valence-electron chi connectivity index (χ4n) is 0.812. The first-order chi connectivity index (χ1) is 5.72. The number of esters is 1. The Morgan fingerprint density at radius 3 is 3.08 bits per heavy atom. The molecule has 5 heteroatoms. The third-order valence-electron chi connectivity index (χ3n) is 1.47. The van der Waals surface area contributed by atoms with Crippen LogP contribution in [-0.4, -0.2) is 31.3 Å². The third kappa shape index (κ3) is 2.41. The summed E-state index contributed by atoms with van der Waals surface area (Å²) in [4.78, 5) is 21.2. The summed E-state index contributed by atoms with van der Waals surface area (Å²) in [6.07, 6.45) is -0.103. The van der Waals surface area contributed by atoms with E-state index in [2.05, 4.69) is 10.1 Å². The Kier molecular flexibility index (Phi) is 2.90. The molecule has 12 heavy (non-hydrogen) atoms. The summed E-state index contributed by atoms with van der Waals surface area (Å²) in [5.41, 5.74) is 0. The third-order valence-corrected chi connectivity index (χ3v) is 1.47. The van der Waals surface area contributed by atoms with Crippen LogP contribution in [0.4, 0.5) is 4.79 Å². The van der Waals surface area contributed by atoms with Crippen LogP contribution < -0.4 is 5.32 Å². The summed E-state index contributed by atoms with van der Waals surface area (Å²) < 4.78 is 9.38. The van der Waals surface area contributed by atoms with E-state index in [1.54, 1.807) is 6.92 Å². The highest BCUT2D eigenvalue weighted by atomic mass is 16.6. The maximum Gasteiger partial charge on any atom is 0.407 e. The number of nitrogens with one attached hydrogen (secondary N) is 1. The maximum atomic E-state index is 10.7. The number of ether oxygens (including phenoxy) is 2. The average molecular weight is 173 g/mol. The number of hydrogen-bond acceptors (Lipinski definition) is 4. The lowest BCUT2D eigenvalue weighted by Crippen LogP contribution is -2.31. The molecule has 1 heterocycles. The lowest BCUT2D eigenvalue weighted by molar-refractivity contribution is -0.143. The quantitative estimate of drug-likeness (QED) is 0.612. The second kappa shape index (κ2) is 3.94. The van der Waals surface area contributed by atoms with Crippen LogP contribution in [0.3, 0.4) is 0 Å². The van der Waals surface area contributed by atoms with Crippen LogP contribution in [0.15, 0.2) is 0 Å². The molecule has 0 aromatic carbocycles. The minimum absolute atomic E-state index is 0.187. The van der Waals surface area contributed by atoms with Crippen LogP contribution in [0.1, 0.15) is 13.3 Å². The summed E-state index contributed by atoms with van der Waals surface area (Å²) in [6.45, 7) is 2.18. The van der Waals surface area contributed by atoms with Gasteiger partial charge in [0.05, 0.1) is 0 Å². The maximum absolute atomic E-state index is 10.7. The van der Waals surface area contributed by atoms with Crippen molar-refractivity contribution in [1.82, 2.24) is 5.32 Å². The number of carbonyl (C=O) groups is 2. The SMILES string of the molecule is CCC(=O)OCC1COC(=O)N1. The molecule has 1 aliphatic heterocycles. The van der Waals surface area contributed by atoms with Gasteiger partial charge in [-0.05, 0) is 0 Å². The van der Waals surface area contributed by atoms with Crippen molar-refractivity contribution in [2.24, 2.45) is 0 Å². The highest BCUT2D eigenvalue weighted by molar-refractivity contribution is 5.70. The summed E-state index contributed by atoms with van der Waals surface area (Å²) in [7, 11) is 0. The molecule has 1 amide bonds. The fraction of sp³-hybridized carbons (Fsp3) is 0.714. The number of cyclic esters (lactones) is 1. The summed E-state index contributed by atoms with van der Waals surface area (Å²) in [5, 5.41) is 2.49. The van der Waals surface area contributed by atoms with Gasteiger partial charge in [-0.3, -0.25) is 4.79 Å². The molecular weight excluding hydrogens is 162 g/mol. The van der Waals surface area contributed by atoms with Gasteiger partial charge < -0.3 is 14.8 Å². The lowest BCUT2D eigenvalue weighted by Gasteiger charge is -2.06. The topological polar surface area (TPSA) is 64.6 Å². The molecule has 5 nitrogen and oxygen atoms in total. The molecule has 0 aromatic rings. The van der Waals surface area contributed by atoms with Crippen molar-refractivity contribution in [1.29, 1.82) is 0 Å². The first-order valence-corrected chi connectivity index (χ1v) is 3.81. The van der Waals surface area contributed by atoms with Crippen LogP contribution in [0, 0.1) is 0 Å². The van der Waals surface area contributed by atoms with Crippen molar-refractivity contribution in [2.45, 2.75) is 19.4 Å². The Morgan fingerprint density at radius 1 is 1.83 bits per heavy atom. The van der Waals surface area contributed by atoms with Gasteiger partial charge in [-0.2, -0.15) is 0 Å². The number of rotatable bonds is 3. The molecule has 1 unspecified atom stereocenters. The minimum atomic E-state index is -0.451. The van der Waals surface area contributed by atoms with Gasteiger partial charge in [-0.25, -0.2) is 4.79 Å². The van der Waals surface area contributed by atoms with Gasteiger partial charge in [-0.1, -0.05) is 6.92 Å². The molecule has 0 aliphatic carbocycles. The molecule has 1 saturated heterocycles. The molecule has 0 spiro atoms. The number of alkyl carbamates (subject to hydrolysis) is 1. The van der Waals surface area contributed by atoms with E-state index in [9.17, 15) is 9.59 Å². The van der Waals surface area contributed by atoms with E-state index >= 15 is 0 Å². The van der Waals surface area contributed by atoms with Crippen molar-refractivity contribution in [3.63, 3.8) is 0 Å². The van der Waals surface area contributed by atoms with Crippen LogP contribution >= 0.6 is 0 Å². The Labute approximate surface area is 70.0 Å². The van der Waals surface area contributed by atoms with E-state index in [0.717, 1.165) is 0 Å². The van der Waals surface area contributed by atoms with Crippen molar-refractivity contribution in [2.75, 3.05) is 13.2 Å². The number of carbonyl (C=O) groups excluding carboxylic acids is 2. The van der Waals surface area contributed by atoms with Crippen molar-refractivity contribution in [3.05, 3.63) is 0 Å². The predicted octanol–water partition coefficient (Wildman–Crippen LogP) is 0.0480. The Hall–Kier alpha value is -1.26. The molecule has 68 valence electrons. The molecule has 0 aromatic heterocycles. The number of amides is 1. The molecule has 1 aliphatic rings. The van der Waals surface area contributed by atoms with Gasteiger partial charge >= 0.3 is 12.1 Å². The zero-order valence-corrected chi connectivity index (χ0v) is 6.83. The smallest absolute Gasteiger partial charge is 0.407 e. The van der Waals surface area contributed by atoms with E-state index in [0.29, 0.717) is 6.42 Å². The van der Waals surface area contributed by atoms with Crippen molar-refractivity contribution >= 4 is 12.1 Å². The monoisotopic (exact) mass is 173 g/mol. The highest BCUT2D eigenvalue weighted by Gasteiger charge is 2.22. The van der Waals surface area contributed by atoms with E-state index in [4.69, 9.17) is 4.74 Å². The highest BCUT2D eigenvalue weighted by Crippen LogP contribution is 1.98. The number of hydrogen-bond donors (Lipinski definition) is 1. The van der Waals surface area contributed by atoms with Gasteiger partial charge in [0, 0.05) is 6.42 Å². The second-order valence-corrected chi connectivity index (χ2v) is 2.48. The average Bonchev–Trinajstić information content (AvgIpc) is 2.47. The summed E-state index contributed by atoms with van der Waals surface area (Å²) in [5.74, 6) is -0.267. The Bertz CT molecular complexity index is 192. The van der Waals surface area contributed by atoms with Crippen LogP contribution in [0.5, 0.6) is 0 Å². The van der Waals surface area contributed by atoms with E-state index in [1.165, 1.54) is 0 Å². The summed E-state index contributed by atoms with van der Waals surface area (Å²) in [6, 6.07) is -0.187. The van der Waals surface area contributed by atoms with Gasteiger partial charge in [-0.15, -0.1) is 0 Å². The van der Waals surface area contributed by atoms with Crippen molar-refractivity contribution in [3.8, 4) is 0 Å². The lowest BCUT2D eigenvalue weighted by atomic mass is 10.3. The molecule has 1 atom stereocenters. The van der Waals surface area contributed by atoms with Gasteiger partial charge in [0.1, 0.15) is 19.3 Å². The first kappa shape index (κ1) is 8.83. The van der Waals surface area contributed by atoms with Gasteiger partial charge in [0.15, 0.2) is 0 Å². The zero-order chi connectivity index (χ0) is 8.97. The molecule has 1 fully saturated rings. The Balaban J connectivity index is 2.16. The molecular formula is C7H11NO4. The molecule has 1 rings (SSSR count). The molecule has 0 bridgehead atoms. The van der Waals surface area contributed by atoms with Crippen LogP contribution in [0.2, 0.25) is 0 Å². The second-order valence-electron chi connectivity index (χ2n) is 2.48. The zero-order valence-electron chi connectivity index (χ0n) is 6.83. The fourth-order valence-corrected chi connectivity index (χ4v) is 0.812.